The van der Waals surface area contributed by atoms with Crippen LogP contribution in [-0.4, -0.2) is 41.3 Å². The fraction of sp³-hybridized carbons (Fsp3) is 0.375. The highest BCUT2D eigenvalue weighted by molar-refractivity contribution is 5.48. The normalized spacial score (nSPS) is 20.1. The molecule has 0 aliphatic carbocycles. The lowest BCUT2D eigenvalue weighted by Gasteiger charge is -2.30. The highest BCUT2D eigenvalue weighted by atomic mass is 16.5. The van der Waals surface area contributed by atoms with E-state index >= 15 is 0 Å². The molecule has 5 nitrogen and oxygen atoms in total. The molecule has 0 unspecified atom stereocenters. The Labute approximate surface area is 124 Å². The molecule has 1 atom stereocenters. The van der Waals surface area contributed by atoms with E-state index in [9.17, 15) is 0 Å². The molecule has 1 aliphatic heterocycles. The summed E-state index contributed by atoms with van der Waals surface area (Å²) in [5, 5.41) is 3.95. The van der Waals surface area contributed by atoms with Gasteiger partial charge in [0.05, 0.1) is 6.61 Å². The highest BCUT2D eigenvalue weighted by Crippen LogP contribution is 2.19. The first-order chi connectivity index (χ1) is 10.3. The lowest BCUT2D eigenvalue weighted by molar-refractivity contribution is -0.0313. The molecule has 1 aromatic heterocycles. The van der Waals surface area contributed by atoms with E-state index in [0.29, 0.717) is 18.3 Å². The summed E-state index contributed by atoms with van der Waals surface area (Å²) in [6, 6.07) is 10.3. The van der Waals surface area contributed by atoms with Gasteiger partial charge in [0.1, 0.15) is 6.10 Å². The van der Waals surface area contributed by atoms with Crippen molar-refractivity contribution >= 4 is 6.08 Å². The number of aromatic nitrogens is 2. The Hall–Kier alpha value is -1.98. The van der Waals surface area contributed by atoms with Gasteiger partial charge in [0.2, 0.25) is 11.7 Å². The van der Waals surface area contributed by atoms with Gasteiger partial charge in [0.15, 0.2) is 0 Å². The van der Waals surface area contributed by atoms with Crippen molar-refractivity contribution in [1.82, 2.24) is 15.0 Å². The third-order valence-electron chi connectivity index (χ3n) is 3.46. The zero-order chi connectivity index (χ0) is 14.5. The highest BCUT2D eigenvalue weighted by Gasteiger charge is 2.25. The smallest absolute Gasteiger partial charge is 0.223 e. The maximum Gasteiger partial charge on any atom is 0.223 e. The molecule has 110 valence electrons. The monoisotopic (exact) mass is 285 g/mol. The quantitative estimate of drug-likeness (QED) is 0.863. The summed E-state index contributed by atoms with van der Waals surface area (Å²) in [7, 11) is 0. The summed E-state index contributed by atoms with van der Waals surface area (Å²) < 4.78 is 10.7. The summed E-state index contributed by atoms with van der Waals surface area (Å²) in [6.07, 6.45) is 4.23. The zero-order valence-electron chi connectivity index (χ0n) is 12.1. The molecule has 0 radical (unpaired) electrons. The first-order valence-electron chi connectivity index (χ1n) is 7.17. The lowest BCUT2D eigenvalue weighted by Crippen LogP contribution is -2.38. The molecular weight excluding hydrogens is 266 g/mol. The van der Waals surface area contributed by atoms with Crippen molar-refractivity contribution in [3.63, 3.8) is 0 Å². The van der Waals surface area contributed by atoms with E-state index in [1.165, 1.54) is 5.56 Å². The third kappa shape index (κ3) is 3.77. The maximum atomic E-state index is 5.72. The molecule has 0 N–H and O–H groups in total. The Balaban J connectivity index is 1.55. The van der Waals surface area contributed by atoms with Crippen molar-refractivity contribution in [3.8, 4) is 0 Å². The van der Waals surface area contributed by atoms with Gasteiger partial charge in [0.25, 0.3) is 0 Å². The second-order valence-electron chi connectivity index (χ2n) is 5.10. The van der Waals surface area contributed by atoms with Gasteiger partial charge in [-0.05, 0) is 5.56 Å². The molecule has 1 aromatic carbocycles. The molecular formula is C16H19N3O2. The number of nitrogens with zero attached hydrogens (tertiary/aromatic N) is 3. The molecule has 0 bridgehead atoms. The molecule has 5 heteroatoms. The Bertz CT molecular complexity index is 595. The summed E-state index contributed by atoms with van der Waals surface area (Å²) in [6.45, 7) is 5.09. The molecule has 2 heterocycles. The molecule has 3 rings (SSSR count). The Morgan fingerprint density at radius 1 is 1.33 bits per heavy atom. The van der Waals surface area contributed by atoms with E-state index in [0.717, 1.165) is 19.6 Å². The van der Waals surface area contributed by atoms with Crippen LogP contribution >= 0.6 is 0 Å². The Morgan fingerprint density at radius 2 is 2.19 bits per heavy atom. The largest absolute Gasteiger partial charge is 0.367 e. The fourth-order valence-electron chi connectivity index (χ4n) is 2.37. The second-order valence-corrected chi connectivity index (χ2v) is 5.10. The number of hydrogen-bond acceptors (Lipinski definition) is 5. The van der Waals surface area contributed by atoms with Crippen molar-refractivity contribution in [3.05, 3.63) is 53.7 Å². The van der Waals surface area contributed by atoms with E-state index in [-0.39, 0.29) is 6.10 Å². The summed E-state index contributed by atoms with van der Waals surface area (Å²) >= 11 is 0. The van der Waals surface area contributed by atoms with Crippen LogP contribution in [-0.2, 0) is 4.74 Å². The Kier molecular flexibility index (Phi) is 4.43. The predicted octanol–water partition coefficient (Wildman–Crippen LogP) is 2.46. The average molecular weight is 285 g/mol. The number of aryl methyl sites for hydroxylation is 1. The van der Waals surface area contributed by atoms with Crippen LogP contribution in [0, 0.1) is 6.92 Å². The van der Waals surface area contributed by atoms with Crippen molar-refractivity contribution in [2.75, 3.05) is 26.2 Å². The van der Waals surface area contributed by atoms with Crippen LogP contribution in [0.25, 0.3) is 6.08 Å². The lowest BCUT2D eigenvalue weighted by atomic mass is 10.2. The van der Waals surface area contributed by atoms with Crippen LogP contribution in [0.2, 0.25) is 0 Å². The van der Waals surface area contributed by atoms with Gasteiger partial charge in [-0.25, -0.2) is 0 Å². The number of rotatable bonds is 4. The minimum absolute atomic E-state index is 0.0960. The van der Waals surface area contributed by atoms with E-state index in [1.807, 2.05) is 18.2 Å². The van der Waals surface area contributed by atoms with Crippen LogP contribution in [0.1, 0.15) is 23.4 Å². The first-order valence-corrected chi connectivity index (χ1v) is 7.17. The molecule has 0 amide bonds. The number of benzene rings is 1. The molecule has 1 saturated heterocycles. The van der Waals surface area contributed by atoms with Crippen molar-refractivity contribution in [1.29, 1.82) is 0 Å². The molecule has 1 aliphatic rings. The fourth-order valence-corrected chi connectivity index (χ4v) is 2.37. The van der Waals surface area contributed by atoms with E-state index in [2.05, 4.69) is 39.3 Å². The molecule has 1 fully saturated rings. The molecule has 21 heavy (non-hydrogen) atoms. The number of morpholine rings is 1. The van der Waals surface area contributed by atoms with E-state index < -0.39 is 0 Å². The van der Waals surface area contributed by atoms with Gasteiger partial charge < -0.3 is 9.26 Å². The van der Waals surface area contributed by atoms with Crippen LogP contribution in [0.4, 0.5) is 0 Å². The average Bonchev–Trinajstić information content (AvgIpc) is 2.95. The van der Waals surface area contributed by atoms with Crippen molar-refractivity contribution < 1.29 is 9.26 Å². The van der Waals surface area contributed by atoms with E-state index in [4.69, 9.17) is 9.26 Å². The van der Waals surface area contributed by atoms with Gasteiger partial charge in [-0.2, -0.15) is 4.98 Å². The standard InChI is InChI=1S/C16H19N3O2/c1-13-17-16(18-21-13)15-12-19(10-11-20-15)9-5-8-14-6-3-2-4-7-14/h2-8,15H,9-12H2,1H3/b8-5+/t15-/m1/s1. The van der Waals surface area contributed by atoms with Gasteiger partial charge in [-0.1, -0.05) is 47.6 Å². The van der Waals surface area contributed by atoms with Gasteiger partial charge in [0, 0.05) is 26.6 Å². The molecule has 2 aromatic rings. The summed E-state index contributed by atoms with van der Waals surface area (Å²) in [5.74, 6) is 1.22. The Morgan fingerprint density at radius 3 is 2.95 bits per heavy atom. The topological polar surface area (TPSA) is 51.4 Å². The zero-order valence-corrected chi connectivity index (χ0v) is 12.1. The van der Waals surface area contributed by atoms with Crippen LogP contribution in [0.5, 0.6) is 0 Å². The van der Waals surface area contributed by atoms with Crippen molar-refractivity contribution in [2.24, 2.45) is 0 Å². The minimum atomic E-state index is -0.0960. The number of hydrogen-bond donors (Lipinski definition) is 0. The third-order valence-corrected chi connectivity index (χ3v) is 3.46. The second kappa shape index (κ2) is 6.65. The SMILES string of the molecule is Cc1nc([C@H]2CN(C/C=C/c3ccccc3)CCO2)no1. The molecule has 0 spiro atoms. The summed E-state index contributed by atoms with van der Waals surface area (Å²) in [5.41, 5.74) is 1.22. The van der Waals surface area contributed by atoms with Crippen molar-refractivity contribution in [2.45, 2.75) is 13.0 Å². The number of ether oxygens (including phenoxy) is 1. The van der Waals surface area contributed by atoms with Gasteiger partial charge >= 0.3 is 0 Å². The van der Waals surface area contributed by atoms with E-state index in [1.54, 1.807) is 6.92 Å². The van der Waals surface area contributed by atoms with Crippen LogP contribution in [0.15, 0.2) is 40.9 Å². The van der Waals surface area contributed by atoms with Gasteiger partial charge in [-0.3, -0.25) is 4.90 Å². The van der Waals surface area contributed by atoms with Crippen LogP contribution in [0.3, 0.4) is 0 Å². The minimum Gasteiger partial charge on any atom is -0.367 e. The van der Waals surface area contributed by atoms with Gasteiger partial charge in [-0.15, -0.1) is 0 Å². The maximum absolute atomic E-state index is 5.72. The molecule has 0 saturated carbocycles. The summed E-state index contributed by atoms with van der Waals surface area (Å²) in [4.78, 5) is 6.58. The van der Waals surface area contributed by atoms with Crippen LogP contribution < -0.4 is 0 Å². The first kappa shape index (κ1) is 14.0. The predicted molar refractivity (Wildman–Crippen MR) is 79.6 cm³/mol.